The maximum Gasteiger partial charge on any atom is 0.0785 e. The van der Waals surface area contributed by atoms with Crippen LogP contribution in [-0.4, -0.2) is 21.5 Å². The molecule has 0 atom stereocenters. The zero-order chi connectivity index (χ0) is 32.3. The summed E-state index contributed by atoms with van der Waals surface area (Å²) in [6.07, 6.45) is 6.43. The van der Waals surface area contributed by atoms with Crippen LogP contribution < -0.4 is 10.7 Å². The monoisotopic (exact) mass is 626 g/mol. The predicted molar refractivity (Wildman–Crippen MR) is 199 cm³/mol. The van der Waals surface area contributed by atoms with Crippen LogP contribution in [0.2, 0.25) is 0 Å². The molecule has 230 valence electrons. The molecule has 0 saturated carbocycles. The first-order chi connectivity index (χ1) is 24.3. The summed E-state index contributed by atoms with van der Waals surface area (Å²) >= 11 is 0. The van der Waals surface area contributed by atoms with Gasteiger partial charge in [0.2, 0.25) is 0 Å². The Labute approximate surface area is 284 Å². The number of hydrogen-bond donors (Lipinski definition) is 1. The Bertz CT molecular complexity index is 2620. The normalized spacial score (nSPS) is 16.1. The van der Waals surface area contributed by atoms with Crippen LogP contribution >= 0.6 is 0 Å². The SMILES string of the molecule is C1=CC2=C(c3ccccc3)c3ccc4n3CC3=C(N=CC3=C4c3ccccc3)C(c3ccccc3)=c3ccc([nH]3)=C(c3ccccc3)C1=N2. The molecule has 0 radical (unpaired) electrons. The van der Waals surface area contributed by atoms with Gasteiger partial charge in [-0.2, -0.15) is 0 Å². The molecular weight excluding hydrogens is 597 g/mol. The van der Waals surface area contributed by atoms with Gasteiger partial charge in [0.15, 0.2) is 0 Å². The van der Waals surface area contributed by atoms with E-state index in [-0.39, 0.29) is 0 Å². The number of rotatable bonds is 4. The molecule has 6 aromatic rings. The fraction of sp³-hybridized carbons (Fsp3) is 0.0222. The Hall–Kier alpha value is -6.52. The van der Waals surface area contributed by atoms with Crippen LogP contribution in [-0.2, 0) is 6.54 Å². The second-order valence-corrected chi connectivity index (χ2v) is 12.7. The van der Waals surface area contributed by atoms with Crippen LogP contribution in [0.4, 0.5) is 0 Å². The molecular formula is C45H30N4. The minimum absolute atomic E-state index is 0.688. The van der Waals surface area contributed by atoms with Gasteiger partial charge < -0.3 is 9.55 Å². The molecule has 6 heterocycles. The first-order valence-electron chi connectivity index (χ1n) is 16.7. The molecule has 4 heteroatoms. The fourth-order valence-corrected chi connectivity index (χ4v) is 7.71. The van der Waals surface area contributed by atoms with E-state index >= 15 is 0 Å². The Morgan fingerprint density at radius 3 is 1.61 bits per heavy atom. The lowest BCUT2D eigenvalue weighted by atomic mass is 9.88. The number of H-pyrrole nitrogens is 1. The Morgan fingerprint density at radius 2 is 1.00 bits per heavy atom. The van der Waals surface area contributed by atoms with Crippen LogP contribution in [0, 0.1) is 0 Å². The summed E-state index contributed by atoms with van der Waals surface area (Å²) in [5.41, 5.74) is 16.6. The quantitative estimate of drug-likeness (QED) is 0.207. The highest BCUT2D eigenvalue weighted by Crippen LogP contribution is 2.44. The number of hydrogen-bond acceptors (Lipinski definition) is 2. The van der Waals surface area contributed by atoms with Crippen molar-refractivity contribution in [1.82, 2.24) is 9.55 Å². The van der Waals surface area contributed by atoms with Crippen molar-refractivity contribution >= 4 is 34.2 Å². The average molecular weight is 627 g/mol. The molecule has 4 aromatic carbocycles. The summed E-state index contributed by atoms with van der Waals surface area (Å²) in [7, 11) is 0. The van der Waals surface area contributed by atoms with Crippen molar-refractivity contribution in [2.45, 2.75) is 6.54 Å². The summed E-state index contributed by atoms with van der Waals surface area (Å²) in [5, 5.41) is 2.04. The number of aliphatic imine (C=N–C) groups is 2. The first kappa shape index (κ1) is 27.6. The summed E-state index contributed by atoms with van der Waals surface area (Å²) in [6.45, 7) is 0.688. The number of aromatic nitrogens is 2. The van der Waals surface area contributed by atoms with Crippen molar-refractivity contribution in [2.24, 2.45) is 9.98 Å². The Kier molecular flexibility index (Phi) is 6.21. The third-order valence-corrected chi connectivity index (χ3v) is 9.88. The van der Waals surface area contributed by atoms with Crippen LogP contribution in [0.15, 0.2) is 190 Å². The van der Waals surface area contributed by atoms with Crippen LogP contribution in [0.3, 0.4) is 0 Å². The van der Waals surface area contributed by atoms with Gasteiger partial charge in [-0.1, -0.05) is 121 Å². The summed E-state index contributed by atoms with van der Waals surface area (Å²) in [4.78, 5) is 14.5. The van der Waals surface area contributed by atoms with E-state index in [4.69, 9.17) is 9.98 Å². The molecule has 0 spiro atoms. The first-order valence-corrected chi connectivity index (χ1v) is 16.7. The third kappa shape index (κ3) is 4.38. The molecule has 2 aromatic heterocycles. The molecule has 6 bridgehead atoms. The maximum absolute atomic E-state index is 5.42. The van der Waals surface area contributed by atoms with Crippen molar-refractivity contribution < 1.29 is 0 Å². The average Bonchev–Trinajstić information content (AvgIpc) is 3.99. The zero-order valence-electron chi connectivity index (χ0n) is 26.6. The highest BCUT2D eigenvalue weighted by atomic mass is 15.0. The van der Waals surface area contributed by atoms with Gasteiger partial charge in [0, 0.05) is 50.4 Å². The molecule has 4 aliphatic heterocycles. The molecule has 49 heavy (non-hydrogen) atoms. The van der Waals surface area contributed by atoms with E-state index in [1.807, 2.05) is 0 Å². The number of allylic oxidation sites excluding steroid dienone is 5. The Morgan fingerprint density at radius 1 is 0.490 bits per heavy atom. The predicted octanol–water partition coefficient (Wildman–Crippen LogP) is 7.85. The molecule has 0 unspecified atom stereocenters. The standard InChI is InChI=1S/C45H30N4/c1-5-13-29(14-6-1)41-33-27-46-45-34(33)28-49-39(41)25-26-40(49)43(31-17-9-3-10-18-31)37-23-21-35(47-37)42(30-15-7-2-8-16-30)36-22-24-38(48-36)44(45)32-19-11-4-12-20-32/h1-27,48H,28H2. The topological polar surface area (TPSA) is 45.4 Å². The van der Waals surface area contributed by atoms with Crippen molar-refractivity contribution in [3.63, 3.8) is 0 Å². The molecule has 10 rings (SSSR count). The summed E-state index contributed by atoms with van der Waals surface area (Å²) in [6, 6.07) is 51.6. The van der Waals surface area contributed by atoms with E-state index in [9.17, 15) is 0 Å². The van der Waals surface area contributed by atoms with Gasteiger partial charge in [0.1, 0.15) is 0 Å². The van der Waals surface area contributed by atoms with Gasteiger partial charge >= 0.3 is 0 Å². The largest absolute Gasteiger partial charge is 0.354 e. The third-order valence-electron chi connectivity index (χ3n) is 9.88. The number of nitrogens with zero attached hydrogens (tertiary/aromatic N) is 3. The molecule has 4 aliphatic rings. The van der Waals surface area contributed by atoms with Gasteiger partial charge in [0.25, 0.3) is 0 Å². The minimum atomic E-state index is 0.688. The van der Waals surface area contributed by atoms with Crippen molar-refractivity contribution in [2.75, 3.05) is 0 Å². The molecule has 4 nitrogen and oxygen atoms in total. The lowest BCUT2D eigenvalue weighted by Crippen LogP contribution is -2.21. The molecule has 0 aliphatic carbocycles. The van der Waals surface area contributed by atoms with Gasteiger partial charge in [-0.15, -0.1) is 0 Å². The lowest BCUT2D eigenvalue weighted by Gasteiger charge is -2.26. The smallest absolute Gasteiger partial charge is 0.0785 e. The fourth-order valence-electron chi connectivity index (χ4n) is 7.71. The lowest BCUT2D eigenvalue weighted by molar-refractivity contribution is 0.763. The van der Waals surface area contributed by atoms with E-state index < -0.39 is 0 Å². The maximum atomic E-state index is 5.42. The van der Waals surface area contributed by atoms with Gasteiger partial charge in [-0.3, -0.25) is 4.99 Å². The number of aromatic amines is 1. The number of fused-ring (bicyclic) bond motifs is 3. The summed E-state index contributed by atoms with van der Waals surface area (Å²) < 4.78 is 2.48. The second-order valence-electron chi connectivity index (χ2n) is 12.7. The van der Waals surface area contributed by atoms with Gasteiger partial charge in [-0.05, 0) is 58.7 Å². The zero-order valence-corrected chi connectivity index (χ0v) is 26.6. The number of benzene rings is 4. The van der Waals surface area contributed by atoms with Crippen LogP contribution in [0.25, 0.3) is 22.3 Å². The van der Waals surface area contributed by atoms with Gasteiger partial charge in [-0.25, -0.2) is 4.99 Å². The Balaban J connectivity index is 1.39. The van der Waals surface area contributed by atoms with Crippen molar-refractivity contribution in [3.05, 3.63) is 225 Å². The van der Waals surface area contributed by atoms with E-state index in [0.29, 0.717) is 6.54 Å². The molecule has 1 N–H and O–H groups in total. The van der Waals surface area contributed by atoms with Gasteiger partial charge in [0.05, 0.1) is 35.0 Å². The minimum Gasteiger partial charge on any atom is -0.354 e. The molecule has 0 fully saturated rings. The highest BCUT2D eigenvalue weighted by molar-refractivity contribution is 6.30. The van der Waals surface area contributed by atoms with Crippen LogP contribution in [0.5, 0.6) is 0 Å². The molecule has 0 saturated heterocycles. The number of nitrogens with one attached hydrogen (secondary N) is 1. The highest BCUT2D eigenvalue weighted by Gasteiger charge is 2.33. The van der Waals surface area contributed by atoms with E-state index in [2.05, 4.69) is 174 Å². The van der Waals surface area contributed by atoms with E-state index in [1.165, 1.54) is 28.0 Å². The van der Waals surface area contributed by atoms with Crippen molar-refractivity contribution in [1.29, 1.82) is 0 Å². The summed E-state index contributed by atoms with van der Waals surface area (Å²) in [5.74, 6) is 0. The second kappa shape index (κ2) is 11.0. The van der Waals surface area contributed by atoms with E-state index in [1.54, 1.807) is 0 Å². The molecule has 0 amide bonds. The van der Waals surface area contributed by atoms with Crippen molar-refractivity contribution in [3.8, 4) is 0 Å². The van der Waals surface area contributed by atoms with Crippen LogP contribution in [0.1, 0.15) is 33.6 Å². The van der Waals surface area contributed by atoms with E-state index in [0.717, 1.165) is 66.9 Å².